The first kappa shape index (κ1) is 18.4. The molecule has 142 valence electrons. The van der Waals surface area contributed by atoms with E-state index in [1.807, 2.05) is 16.8 Å². The van der Waals surface area contributed by atoms with Crippen molar-refractivity contribution in [2.45, 2.75) is 5.60 Å². The van der Waals surface area contributed by atoms with Crippen LogP contribution in [0.5, 0.6) is 0 Å². The molecule has 7 nitrogen and oxygen atoms in total. The predicted octanol–water partition coefficient (Wildman–Crippen LogP) is 2.61. The lowest BCUT2D eigenvalue weighted by Crippen LogP contribution is -2.52. The quantitative estimate of drug-likeness (QED) is 0.648. The number of hydrogen-bond donors (Lipinski definition) is 2. The van der Waals surface area contributed by atoms with Crippen molar-refractivity contribution < 1.29 is 4.74 Å². The van der Waals surface area contributed by atoms with Gasteiger partial charge in [0.2, 0.25) is 0 Å². The number of likely N-dealkylation sites (N-methyl/N-ethyl adjacent to an activating group) is 1. The third kappa shape index (κ3) is 3.84. The number of ether oxygens (including phenoxy) is 1. The fourth-order valence-electron chi connectivity index (χ4n) is 3.53. The summed E-state index contributed by atoms with van der Waals surface area (Å²) in [5, 5.41) is 6.83. The molecule has 8 heteroatoms. The van der Waals surface area contributed by atoms with Crippen molar-refractivity contribution >= 4 is 33.1 Å². The average molecular weight is 431 g/mol. The fraction of sp³-hybridized carbons (Fsp3) is 0.368. The highest BCUT2D eigenvalue weighted by atomic mass is 79.9. The lowest BCUT2D eigenvalue weighted by Gasteiger charge is -2.40. The minimum atomic E-state index is -0.329. The van der Waals surface area contributed by atoms with E-state index in [1.165, 1.54) is 5.56 Å². The zero-order valence-corrected chi connectivity index (χ0v) is 17.0. The lowest BCUT2D eigenvalue weighted by atomic mass is 9.91. The van der Waals surface area contributed by atoms with Crippen molar-refractivity contribution in [3.8, 4) is 0 Å². The summed E-state index contributed by atoms with van der Waals surface area (Å²) in [5.41, 5.74) is 2.58. The molecule has 3 heterocycles. The van der Waals surface area contributed by atoms with Gasteiger partial charge in [-0.25, -0.2) is 9.97 Å². The molecule has 0 bridgehead atoms. The van der Waals surface area contributed by atoms with Gasteiger partial charge < -0.3 is 24.7 Å². The summed E-state index contributed by atoms with van der Waals surface area (Å²) in [6.45, 7) is 3.24. The minimum absolute atomic E-state index is 0.329. The number of morpholine rings is 1. The standard InChI is InChI=1S/C19H23BrN6O/c1-25(2)13-19(12-21-8-10-27-19)14-3-5-15(6-4-14)23-17-18-22-7-9-26(18)11-16(20)24-17/h3-7,9,11,21H,8,10,12-13H2,1-2H3,(H,23,24)/t19-/m1/s1. The Morgan fingerprint density at radius 1 is 1.33 bits per heavy atom. The second-order valence-corrected chi connectivity index (χ2v) is 7.84. The Morgan fingerprint density at radius 3 is 2.85 bits per heavy atom. The summed E-state index contributed by atoms with van der Waals surface area (Å²) in [5.74, 6) is 0.709. The molecule has 0 spiro atoms. The maximum atomic E-state index is 6.23. The van der Waals surface area contributed by atoms with Crippen molar-refractivity contribution in [2.24, 2.45) is 0 Å². The van der Waals surface area contributed by atoms with Crippen LogP contribution in [0.15, 0.2) is 47.5 Å². The third-order valence-corrected chi connectivity index (χ3v) is 5.04. The predicted molar refractivity (Wildman–Crippen MR) is 109 cm³/mol. The first-order chi connectivity index (χ1) is 13.1. The highest BCUT2D eigenvalue weighted by Crippen LogP contribution is 2.30. The molecule has 1 aliphatic rings. The van der Waals surface area contributed by atoms with Gasteiger partial charge >= 0.3 is 0 Å². The van der Waals surface area contributed by atoms with Crippen LogP contribution >= 0.6 is 15.9 Å². The molecule has 0 radical (unpaired) electrons. The van der Waals surface area contributed by atoms with E-state index in [0.717, 1.165) is 35.6 Å². The Hall–Kier alpha value is -2.00. The molecule has 1 aromatic carbocycles. The number of benzene rings is 1. The van der Waals surface area contributed by atoms with E-state index >= 15 is 0 Å². The average Bonchev–Trinajstić information content (AvgIpc) is 3.11. The maximum Gasteiger partial charge on any atom is 0.180 e. The molecule has 1 aliphatic heterocycles. The van der Waals surface area contributed by atoms with Crippen LogP contribution in [-0.4, -0.2) is 59.6 Å². The van der Waals surface area contributed by atoms with Gasteiger partial charge in [-0.1, -0.05) is 12.1 Å². The van der Waals surface area contributed by atoms with Gasteiger partial charge in [-0.3, -0.25) is 0 Å². The molecule has 4 rings (SSSR count). The number of rotatable bonds is 5. The van der Waals surface area contributed by atoms with Crippen LogP contribution in [0.3, 0.4) is 0 Å². The Balaban J connectivity index is 1.60. The molecule has 27 heavy (non-hydrogen) atoms. The molecule has 0 saturated carbocycles. The van der Waals surface area contributed by atoms with Crippen molar-refractivity contribution in [1.82, 2.24) is 24.6 Å². The molecular weight excluding hydrogens is 408 g/mol. The lowest BCUT2D eigenvalue weighted by molar-refractivity contribution is -0.0836. The number of hydrogen-bond acceptors (Lipinski definition) is 6. The van der Waals surface area contributed by atoms with Crippen LogP contribution in [0.1, 0.15) is 5.56 Å². The van der Waals surface area contributed by atoms with Gasteiger partial charge in [-0.2, -0.15) is 0 Å². The van der Waals surface area contributed by atoms with E-state index in [1.54, 1.807) is 6.20 Å². The summed E-state index contributed by atoms with van der Waals surface area (Å²) in [7, 11) is 4.15. The number of anilines is 2. The molecule has 3 aromatic rings. The Bertz CT molecular complexity index is 918. The first-order valence-corrected chi connectivity index (χ1v) is 9.71. The van der Waals surface area contributed by atoms with Gasteiger partial charge in [-0.05, 0) is 47.7 Å². The molecule has 2 N–H and O–H groups in total. The van der Waals surface area contributed by atoms with Crippen LogP contribution in [0, 0.1) is 0 Å². The Kier molecular flexibility index (Phi) is 5.14. The number of halogens is 1. The monoisotopic (exact) mass is 430 g/mol. The van der Waals surface area contributed by atoms with Crippen LogP contribution in [0.25, 0.3) is 5.65 Å². The largest absolute Gasteiger partial charge is 0.366 e. The number of fused-ring (bicyclic) bond motifs is 1. The molecular formula is C19H23BrN6O. The Morgan fingerprint density at radius 2 is 2.15 bits per heavy atom. The Labute approximate surface area is 166 Å². The minimum Gasteiger partial charge on any atom is -0.366 e. The third-order valence-electron chi connectivity index (χ3n) is 4.66. The van der Waals surface area contributed by atoms with E-state index < -0.39 is 0 Å². The van der Waals surface area contributed by atoms with Gasteiger partial charge in [0.25, 0.3) is 0 Å². The highest BCUT2D eigenvalue weighted by Gasteiger charge is 2.35. The van der Waals surface area contributed by atoms with E-state index in [9.17, 15) is 0 Å². The van der Waals surface area contributed by atoms with Crippen LogP contribution < -0.4 is 10.6 Å². The number of imidazole rings is 1. The fourth-order valence-corrected chi connectivity index (χ4v) is 3.93. The summed E-state index contributed by atoms with van der Waals surface area (Å²) in [6.07, 6.45) is 5.54. The normalized spacial score (nSPS) is 20.3. The SMILES string of the molecule is CN(C)C[C@@]1(c2ccc(Nc3nc(Br)cn4ccnc34)cc2)CNCCO1. The molecule has 1 fully saturated rings. The summed E-state index contributed by atoms with van der Waals surface area (Å²) in [6, 6.07) is 8.37. The second-order valence-electron chi connectivity index (χ2n) is 7.03. The summed E-state index contributed by atoms with van der Waals surface area (Å²) >= 11 is 3.45. The smallest absolute Gasteiger partial charge is 0.180 e. The molecule has 0 amide bonds. The first-order valence-electron chi connectivity index (χ1n) is 8.92. The van der Waals surface area contributed by atoms with Crippen molar-refractivity contribution in [3.05, 3.63) is 53.0 Å². The van der Waals surface area contributed by atoms with E-state index in [2.05, 4.69) is 79.8 Å². The molecule has 0 unspecified atom stereocenters. The van der Waals surface area contributed by atoms with Gasteiger partial charge in [0.15, 0.2) is 11.5 Å². The van der Waals surface area contributed by atoms with Gasteiger partial charge in [0.05, 0.1) is 6.61 Å². The maximum absolute atomic E-state index is 6.23. The van der Waals surface area contributed by atoms with Crippen LogP contribution in [-0.2, 0) is 10.3 Å². The summed E-state index contributed by atoms with van der Waals surface area (Å²) < 4.78 is 8.91. The van der Waals surface area contributed by atoms with Gasteiger partial charge in [0.1, 0.15) is 10.2 Å². The highest BCUT2D eigenvalue weighted by molar-refractivity contribution is 9.10. The molecule has 1 saturated heterocycles. The van der Waals surface area contributed by atoms with Gasteiger partial charge in [-0.15, -0.1) is 0 Å². The van der Waals surface area contributed by atoms with Crippen molar-refractivity contribution in [2.75, 3.05) is 45.7 Å². The topological polar surface area (TPSA) is 66.7 Å². The zero-order chi connectivity index (χ0) is 18.9. The van der Waals surface area contributed by atoms with Crippen LogP contribution in [0.2, 0.25) is 0 Å². The molecule has 0 aliphatic carbocycles. The zero-order valence-electron chi connectivity index (χ0n) is 15.4. The van der Waals surface area contributed by atoms with Crippen molar-refractivity contribution in [1.29, 1.82) is 0 Å². The van der Waals surface area contributed by atoms with Crippen LogP contribution in [0.4, 0.5) is 11.5 Å². The number of nitrogens with one attached hydrogen (secondary N) is 2. The number of nitrogens with zero attached hydrogens (tertiary/aromatic N) is 4. The van der Waals surface area contributed by atoms with Crippen molar-refractivity contribution in [3.63, 3.8) is 0 Å². The number of aromatic nitrogens is 3. The molecule has 1 atom stereocenters. The summed E-state index contributed by atoms with van der Waals surface area (Å²) in [4.78, 5) is 11.1. The molecule has 2 aromatic heterocycles. The van der Waals surface area contributed by atoms with E-state index in [-0.39, 0.29) is 5.60 Å². The van der Waals surface area contributed by atoms with Gasteiger partial charge in [0, 0.05) is 43.9 Å². The second kappa shape index (κ2) is 7.55. The van der Waals surface area contributed by atoms with E-state index in [4.69, 9.17) is 4.74 Å². The van der Waals surface area contributed by atoms with E-state index in [0.29, 0.717) is 12.4 Å².